The molecule has 0 bridgehead atoms. The molecular weight excluding hydrogens is 280 g/mol. The van der Waals surface area contributed by atoms with E-state index in [1.807, 2.05) is 36.6 Å². The number of aromatic nitrogens is 3. The normalized spacial score (nSPS) is 10.6. The monoisotopic (exact) mass is 296 g/mol. The molecule has 6 heteroatoms. The molecule has 2 aromatic heterocycles. The van der Waals surface area contributed by atoms with Crippen molar-refractivity contribution in [2.75, 3.05) is 11.9 Å². The van der Waals surface area contributed by atoms with Gasteiger partial charge in [-0.2, -0.15) is 0 Å². The Labute approximate surface area is 127 Å². The zero-order chi connectivity index (χ0) is 15.5. The average Bonchev–Trinajstić information content (AvgIpc) is 2.91. The van der Waals surface area contributed by atoms with Crippen LogP contribution in [0.2, 0.25) is 0 Å². The number of rotatable bonds is 4. The average molecular weight is 296 g/mol. The van der Waals surface area contributed by atoms with E-state index in [1.165, 1.54) is 0 Å². The molecule has 0 aliphatic carbocycles. The number of hydrogen-bond acceptors (Lipinski definition) is 4. The SMILES string of the molecule is CCOc1ccccc1C(=O)Nc1cccn2c(C)nnc12. The Bertz CT molecular complexity index is 826. The fourth-order valence-corrected chi connectivity index (χ4v) is 2.25. The number of nitrogens with one attached hydrogen (secondary N) is 1. The highest BCUT2D eigenvalue weighted by Gasteiger charge is 2.14. The van der Waals surface area contributed by atoms with Gasteiger partial charge in [-0.3, -0.25) is 9.20 Å². The van der Waals surface area contributed by atoms with E-state index in [9.17, 15) is 4.79 Å². The number of pyridine rings is 1. The van der Waals surface area contributed by atoms with Gasteiger partial charge in [-0.1, -0.05) is 12.1 Å². The molecule has 1 aromatic carbocycles. The van der Waals surface area contributed by atoms with Crippen molar-refractivity contribution in [1.29, 1.82) is 0 Å². The second-order valence-corrected chi connectivity index (χ2v) is 4.75. The summed E-state index contributed by atoms with van der Waals surface area (Å²) >= 11 is 0. The van der Waals surface area contributed by atoms with Gasteiger partial charge in [0.1, 0.15) is 11.6 Å². The van der Waals surface area contributed by atoms with Crippen LogP contribution >= 0.6 is 0 Å². The number of nitrogens with zero attached hydrogens (tertiary/aromatic N) is 3. The lowest BCUT2D eigenvalue weighted by atomic mass is 10.2. The first-order chi connectivity index (χ1) is 10.7. The van der Waals surface area contributed by atoms with Gasteiger partial charge in [-0.15, -0.1) is 10.2 Å². The van der Waals surface area contributed by atoms with Crippen molar-refractivity contribution in [2.24, 2.45) is 0 Å². The number of anilines is 1. The quantitative estimate of drug-likeness (QED) is 0.803. The molecule has 0 radical (unpaired) electrons. The Morgan fingerprint density at radius 3 is 2.86 bits per heavy atom. The Morgan fingerprint density at radius 2 is 2.05 bits per heavy atom. The van der Waals surface area contributed by atoms with Gasteiger partial charge in [-0.25, -0.2) is 0 Å². The number of carbonyl (C=O) groups is 1. The van der Waals surface area contributed by atoms with Crippen LogP contribution in [0.4, 0.5) is 5.69 Å². The van der Waals surface area contributed by atoms with Crippen molar-refractivity contribution < 1.29 is 9.53 Å². The molecule has 6 nitrogen and oxygen atoms in total. The molecule has 2 heterocycles. The molecule has 112 valence electrons. The molecule has 0 spiro atoms. The highest BCUT2D eigenvalue weighted by atomic mass is 16.5. The van der Waals surface area contributed by atoms with Crippen molar-refractivity contribution in [3.8, 4) is 5.75 Å². The van der Waals surface area contributed by atoms with E-state index in [2.05, 4.69) is 15.5 Å². The Hall–Kier alpha value is -2.89. The number of hydrogen-bond donors (Lipinski definition) is 1. The molecule has 3 rings (SSSR count). The summed E-state index contributed by atoms with van der Waals surface area (Å²) in [5.41, 5.74) is 1.71. The van der Waals surface area contributed by atoms with Gasteiger partial charge in [0.2, 0.25) is 0 Å². The number of carbonyl (C=O) groups excluding carboxylic acids is 1. The zero-order valence-corrected chi connectivity index (χ0v) is 12.4. The molecular formula is C16H16N4O2. The third-order valence-electron chi connectivity index (χ3n) is 3.28. The summed E-state index contributed by atoms with van der Waals surface area (Å²) in [5, 5.41) is 11.0. The van der Waals surface area contributed by atoms with Gasteiger partial charge in [0, 0.05) is 6.20 Å². The van der Waals surface area contributed by atoms with Gasteiger partial charge in [0.15, 0.2) is 5.65 Å². The van der Waals surface area contributed by atoms with Crippen LogP contribution in [0.15, 0.2) is 42.6 Å². The van der Waals surface area contributed by atoms with E-state index < -0.39 is 0 Å². The maximum absolute atomic E-state index is 12.5. The van der Waals surface area contributed by atoms with Crippen molar-refractivity contribution in [3.05, 3.63) is 54.0 Å². The summed E-state index contributed by atoms with van der Waals surface area (Å²) in [5.74, 6) is 1.09. The second-order valence-electron chi connectivity index (χ2n) is 4.75. The maximum Gasteiger partial charge on any atom is 0.259 e. The molecule has 0 unspecified atom stereocenters. The predicted octanol–water partition coefficient (Wildman–Crippen LogP) is 2.69. The van der Waals surface area contributed by atoms with Crippen molar-refractivity contribution >= 4 is 17.2 Å². The molecule has 0 aliphatic heterocycles. The summed E-state index contributed by atoms with van der Waals surface area (Å²) in [6.45, 7) is 4.24. The van der Waals surface area contributed by atoms with E-state index in [-0.39, 0.29) is 5.91 Å². The highest BCUT2D eigenvalue weighted by molar-refractivity contribution is 6.07. The van der Waals surface area contributed by atoms with Crippen molar-refractivity contribution in [3.63, 3.8) is 0 Å². The first-order valence-corrected chi connectivity index (χ1v) is 7.04. The molecule has 0 saturated heterocycles. The van der Waals surface area contributed by atoms with Crippen LogP contribution in [0.5, 0.6) is 5.75 Å². The Kier molecular flexibility index (Phi) is 3.74. The molecule has 22 heavy (non-hydrogen) atoms. The van der Waals surface area contributed by atoms with Crippen LogP contribution in [0.1, 0.15) is 23.1 Å². The molecule has 0 aliphatic rings. The van der Waals surface area contributed by atoms with E-state index in [4.69, 9.17) is 4.74 Å². The highest BCUT2D eigenvalue weighted by Crippen LogP contribution is 2.21. The molecule has 1 amide bonds. The summed E-state index contributed by atoms with van der Waals surface area (Å²) in [6, 6.07) is 10.8. The number of benzene rings is 1. The second kappa shape index (κ2) is 5.85. The summed E-state index contributed by atoms with van der Waals surface area (Å²) in [4.78, 5) is 12.5. The van der Waals surface area contributed by atoms with Crippen LogP contribution in [-0.2, 0) is 0 Å². The lowest BCUT2D eigenvalue weighted by Gasteiger charge is -2.10. The smallest absolute Gasteiger partial charge is 0.259 e. The topological polar surface area (TPSA) is 68.5 Å². The minimum atomic E-state index is -0.238. The van der Waals surface area contributed by atoms with Gasteiger partial charge < -0.3 is 10.1 Å². The van der Waals surface area contributed by atoms with Crippen molar-refractivity contribution in [2.45, 2.75) is 13.8 Å². The summed E-state index contributed by atoms with van der Waals surface area (Å²) in [6.07, 6.45) is 1.86. The standard InChI is InChI=1S/C16H16N4O2/c1-3-22-14-9-5-4-7-12(14)16(21)17-13-8-6-10-20-11(2)18-19-15(13)20/h4-10H,3H2,1-2H3,(H,17,21). The first-order valence-electron chi connectivity index (χ1n) is 7.04. The van der Waals surface area contributed by atoms with Gasteiger partial charge in [-0.05, 0) is 38.1 Å². The molecule has 0 saturated carbocycles. The Balaban J connectivity index is 1.94. The molecule has 1 N–H and O–H groups in total. The van der Waals surface area contributed by atoms with Gasteiger partial charge in [0.25, 0.3) is 5.91 Å². The zero-order valence-electron chi connectivity index (χ0n) is 12.4. The summed E-state index contributed by atoms with van der Waals surface area (Å²) < 4.78 is 7.32. The molecule has 3 aromatic rings. The molecule has 0 atom stereocenters. The van der Waals surface area contributed by atoms with Crippen LogP contribution in [0, 0.1) is 6.92 Å². The van der Waals surface area contributed by atoms with Crippen LogP contribution in [0.25, 0.3) is 5.65 Å². The van der Waals surface area contributed by atoms with Gasteiger partial charge >= 0.3 is 0 Å². The number of amides is 1. The number of ether oxygens (including phenoxy) is 1. The fraction of sp³-hybridized carbons (Fsp3) is 0.188. The van der Waals surface area contributed by atoms with Crippen LogP contribution in [-0.4, -0.2) is 27.1 Å². The predicted molar refractivity (Wildman–Crippen MR) is 83.3 cm³/mol. The number of aryl methyl sites for hydroxylation is 1. The maximum atomic E-state index is 12.5. The van der Waals surface area contributed by atoms with E-state index in [0.717, 1.165) is 5.82 Å². The number of fused-ring (bicyclic) bond motifs is 1. The van der Waals surface area contributed by atoms with Gasteiger partial charge in [0.05, 0.1) is 17.9 Å². The summed E-state index contributed by atoms with van der Waals surface area (Å²) in [7, 11) is 0. The van der Waals surface area contributed by atoms with Crippen LogP contribution < -0.4 is 10.1 Å². The number of para-hydroxylation sites is 1. The van der Waals surface area contributed by atoms with Crippen molar-refractivity contribution in [1.82, 2.24) is 14.6 Å². The third-order valence-corrected chi connectivity index (χ3v) is 3.28. The lowest BCUT2D eigenvalue weighted by Crippen LogP contribution is -2.14. The van der Waals surface area contributed by atoms with E-state index >= 15 is 0 Å². The minimum absolute atomic E-state index is 0.238. The minimum Gasteiger partial charge on any atom is -0.493 e. The fourth-order valence-electron chi connectivity index (χ4n) is 2.25. The largest absolute Gasteiger partial charge is 0.493 e. The van der Waals surface area contributed by atoms with E-state index in [1.54, 1.807) is 24.3 Å². The van der Waals surface area contributed by atoms with E-state index in [0.29, 0.717) is 29.3 Å². The first kappa shape index (κ1) is 14.1. The van der Waals surface area contributed by atoms with Crippen LogP contribution in [0.3, 0.4) is 0 Å². The molecule has 0 fully saturated rings. The Morgan fingerprint density at radius 1 is 1.23 bits per heavy atom. The lowest BCUT2D eigenvalue weighted by molar-refractivity contribution is 0.102. The third kappa shape index (κ3) is 2.50.